The summed E-state index contributed by atoms with van der Waals surface area (Å²) in [5, 5.41) is 0. The second-order valence-corrected chi connectivity index (χ2v) is 9.63. The summed E-state index contributed by atoms with van der Waals surface area (Å²) in [5.41, 5.74) is 2.93. The molecule has 37 heavy (non-hydrogen) atoms. The molecule has 196 valence electrons. The quantitative estimate of drug-likeness (QED) is 0.201. The Balaban J connectivity index is 1.43. The van der Waals surface area contributed by atoms with E-state index in [2.05, 4.69) is 12.2 Å². The van der Waals surface area contributed by atoms with Crippen molar-refractivity contribution in [3.8, 4) is 28.0 Å². The monoisotopic (exact) mass is 508 g/mol. The van der Waals surface area contributed by atoms with Crippen molar-refractivity contribution in [2.75, 3.05) is 13.2 Å². The maximum Gasteiger partial charge on any atom is 0.201 e. The number of benzene rings is 3. The topological polar surface area (TPSA) is 18.5 Å². The van der Waals surface area contributed by atoms with Crippen LogP contribution in [-0.2, 0) is 4.74 Å². The lowest BCUT2D eigenvalue weighted by atomic mass is 9.89. The SMILES string of the molecule is CC=CCCC1CCC(c2ccc(-c3ccc(-c4ccc(OCCCC)c(F)c4F)cc3)cc2F)CO1. The molecule has 0 aliphatic carbocycles. The first-order valence-corrected chi connectivity index (χ1v) is 13.3. The van der Waals surface area contributed by atoms with Crippen LogP contribution in [0.15, 0.2) is 66.7 Å². The van der Waals surface area contributed by atoms with Crippen LogP contribution in [0.5, 0.6) is 5.75 Å². The summed E-state index contributed by atoms with van der Waals surface area (Å²) in [4.78, 5) is 0. The predicted octanol–water partition coefficient (Wildman–Crippen LogP) is 9.24. The van der Waals surface area contributed by atoms with E-state index in [0.29, 0.717) is 24.3 Å². The molecule has 0 bridgehead atoms. The van der Waals surface area contributed by atoms with Crippen LogP contribution in [-0.4, -0.2) is 19.3 Å². The molecule has 0 aromatic heterocycles. The Morgan fingerprint density at radius 1 is 0.919 bits per heavy atom. The Morgan fingerprint density at radius 3 is 2.35 bits per heavy atom. The fraction of sp³-hybridized carbons (Fsp3) is 0.375. The van der Waals surface area contributed by atoms with Crippen LogP contribution in [0.1, 0.15) is 63.9 Å². The van der Waals surface area contributed by atoms with Gasteiger partial charge in [-0.25, -0.2) is 8.78 Å². The van der Waals surface area contributed by atoms with Crippen LogP contribution < -0.4 is 4.74 Å². The lowest BCUT2D eigenvalue weighted by molar-refractivity contribution is -0.000797. The third kappa shape index (κ3) is 6.64. The van der Waals surface area contributed by atoms with Crippen molar-refractivity contribution in [1.82, 2.24) is 0 Å². The zero-order chi connectivity index (χ0) is 26.2. The molecule has 0 N–H and O–H groups in total. The molecule has 0 amide bonds. The summed E-state index contributed by atoms with van der Waals surface area (Å²) in [6.45, 7) is 4.91. The van der Waals surface area contributed by atoms with Crippen LogP contribution >= 0.6 is 0 Å². The maximum atomic E-state index is 15.1. The number of rotatable bonds is 10. The summed E-state index contributed by atoms with van der Waals surface area (Å²) in [6, 6.07) is 15.3. The number of hydrogen-bond acceptors (Lipinski definition) is 2. The lowest BCUT2D eigenvalue weighted by Gasteiger charge is -2.29. The zero-order valence-corrected chi connectivity index (χ0v) is 21.6. The highest BCUT2D eigenvalue weighted by Gasteiger charge is 2.25. The van der Waals surface area contributed by atoms with E-state index in [1.54, 1.807) is 30.3 Å². The summed E-state index contributed by atoms with van der Waals surface area (Å²) >= 11 is 0. The van der Waals surface area contributed by atoms with E-state index < -0.39 is 11.6 Å². The number of halogens is 3. The summed E-state index contributed by atoms with van der Waals surface area (Å²) in [6.07, 6.45) is 9.99. The molecule has 1 fully saturated rings. The number of hydrogen-bond donors (Lipinski definition) is 0. The van der Waals surface area contributed by atoms with Crippen LogP contribution in [0, 0.1) is 17.5 Å². The van der Waals surface area contributed by atoms with Gasteiger partial charge in [-0.2, -0.15) is 4.39 Å². The van der Waals surface area contributed by atoms with Crippen molar-refractivity contribution in [3.05, 3.63) is 89.8 Å². The summed E-state index contributed by atoms with van der Waals surface area (Å²) in [7, 11) is 0. The minimum Gasteiger partial charge on any atom is -0.490 e. The van der Waals surface area contributed by atoms with E-state index in [-0.39, 0.29) is 29.2 Å². The fourth-order valence-corrected chi connectivity index (χ4v) is 4.80. The molecule has 3 aromatic rings. The zero-order valence-electron chi connectivity index (χ0n) is 21.6. The van der Waals surface area contributed by atoms with E-state index in [1.807, 2.05) is 26.0 Å². The van der Waals surface area contributed by atoms with Crippen molar-refractivity contribution < 1.29 is 22.6 Å². The average molecular weight is 509 g/mol. The number of allylic oxidation sites excluding steroid dienone is 2. The van der Waals surface area contributed by atoms with Gasteiger partial charge in [-0.3, -0.25) is 0 Å². The molecule has 1 saturated heterocycles. The smallest absolute Gasteiger partial charge is 0.201 e. The van der Waals surface area contributed by atoms with Crippen molar-refractivity contribution in [2.24, 2.45) is 0 Å². The van der Waals surface area contributed by atoms with Crippen LogP contribution in [0.3, 0.4) is 0 Å². The van der Waals surface area contributed by atoms with Gasteiger partial charge in [-0.15, -0.1) is 0 Å². The highest BCUT2D eigenvalue weighted by atomic mass is 19.2. The Kier molecular flexibility index (Phi) is 9.45. The first-order valence-electron chi connectivity index (χ1n) is 13.3. The molecular formula is C32H35F3O2. The first kappa shape index (κ1) is 27.0. The van der Waals surface area contributed by atoms with Gasteiger partial charge in [0.1, 0.15) is 5.82 Å². The molecule has 0 radical (unpaired) electrons. The second-order valence-electron chi connectivity index (χ2n) is 9.63. The number of ether oxygens (including phenoxy) is 2. The van der Waals surface area contributed by atoms with Crippen LogP contribution in [0.25, 0.3) is 22.3 Å². The molecule has 3 aromatic carbocycles. The van der Waals surface area contributed by atoms with Crippen molar-refractivity contribution >= 4 is 0 Å². The molecule has 1 aliphatic heterocycles. The Hall–Kier alpha value is -3.05. The van der Waals surface area contributed by atoms with E-state index in [0.717, 1.165) is 49.7 Å². The molecular weight excluding hydrogens is 473 g/mol. The van der Waals surface area contributed by atoms with E-state index in [9.17, 15) is 8.78 Å². The van der Waals surface area contributed by atoms with Gasteiger partial charge >= 0.3 is 0 Å². The Morgan fingerprint density at radius 2 is 1.68 bits per heavy atom. The van der Waals surface area contributed by atoms with Gasteiger partial charge in [-0.05, 0) is 79.5 Å². The molecule has 1 heterocycles. The third-order valence-electron chi connectivity index (χ3n) is 7.03. The van der Waals surface area contributed by atoms with Crippen molar-refractivity contribution in [3.63, 3.8) is 0 Å². The van der Waals surface area contributed by atoms with Gasteiger partial charge in [0, 0.05) is 11.5 Å². The van der Waals surface area contributed by atoms with Crippen molar-refractivity contribution in [2.45, 2.75) is 64.4 Å². The highest BCUT2D eigenvalue weighted by molar-refractivity contribution is 5.71. The normalized spacial score (nSPS) is 17.9. The Bertz CT molecular complexity index is 1200. The summed E-state index contributed by atoms with van der Waals surface area (Å²) < 4.78 is 55.7. The number of unbranched alkanes of at least 4 members (excludes halogenated alkanes) is 1. The van der Waals surface area contributed by atoms with E-state index in [4.69, 9.17) is 9.47 Å². The van der Waals surface area contributed by atoms with E-state index >= 15 is 4.39 Å². The third-order valence-corrected chi connectivity index (χ3v) is 7.03. The minimum atomic E-state index is -0.980. The fourth-order valence-electron chi connectivity index (χ4n) is 4.80. The second kappa shape index (κ2) is 13.0. The molecule has 0 spiro atoms. The predicted molar refractivity (Wildman–Crippen MR) is 143 cm³/mol. The molecule has 2 nitrogen and oxygen atoms in total. The summed E-state index contributed by atoms with van der Waals surface area (Å²) in [5.74, 6) is -2.17. The lowest BCUT2D eigenvalue weighted by Crippen LogP contribution is -2.25. The maximum absolute atomic E-state index is 15.1. The first-order chi connectivity index (χ1) is 18.0. The van der Waals surface area contributed by atoms with Gasteiger partial charge in [0.2, 0.25) is 5.82 Å². The van der Waals surface area contributed by atoms with Gasteiger partial charge in [0.15, 0.2) is 11.6 Å². The molecule has 2 unspecified atom stereocenters. The minimum absolute atomic E-state index is 0.0567. The van der Waals surface area contributed by atoms with Gasteiger partial charge < -0.3 is 9.47 Å². The Labute approximate surface area is 218 Å². The average Bonchev–Trinajstić information content (AvgIpc) is 2.92. The molecule has 1 aliphatic rings. The van der Waals surface area contributed by atoms with Crippen LogP contribution in [0.2, 0.25) is 0 Å². The molecule has 2 atom stereocenters. The van der Waals surface area contributed by atoms with Gasteiger partial charge in [0.05, 0.1) is 19.3 Å². The van der Waals surface area contributed by atoms with Crippen LogP contribution in [0.4, 0.5) is 13.2 Å². The molecule has 4 rings (SSSR count). The van der Waals surface area contributed by atoms with Crippen molar-refractivity contribution in [1.29, 1.82) is 0 Å². The van der Waals surface area contributed by atoms with Gasteiger partial charge in [-0.1, -0.05) is 61.9 Å². The molecule has 0 saturated carbocycles. The highest BCUT2D eigenvalue weighted by Crippen LogP contribution is 2.35. The largest absolute Gasteiger partial charge is 0.490 e. The van der Waals surface area contributed by atoms with Gasteiger partial charge in [0.25, 0.3) is 0 Å². The standard InChI is InChI=1S/C32H35F3O2/c1-3-5-7-8-26-15-13-25(21-37-26)27-16-14-24(20-29(27)33)22-9-11-23(12-10-22)28-17-18-30(32(35)31(28)34)36-19-6-4-2/h3,5,9-12,14,16-18,20,25-26H,4,6-8,13,15,19,21H2,1-2H3. The van der Waals surface area contributed by atoms with E-state index in [1.165, 1.54) is 12.1 Å². The molecule has 5 heteroatoms.